The molecule has 0 aromatic carbocycles. The first-order valence-electron chi connectivity index (χ1n) is 6.04. The molecule has 0 rings (SSSR count). The van der Waals surface area contributed by atoms with Crippen molar-refractivity contribution in [2.75, 3.05) is 13.7 Å². The molecule has 0 bridgehead atoms. The fourth-order valence-electron chi connectivity index (χ4n) is 1.38. The average Bonchev–Trinajstić information content (AvgIpc) is 2.30. The molecule has 0 aliphatic carbocycles. The molecule has 0 atom stereocenters. The lowest BCUT2D eigenvalue weighted by molar-refractivity contribution is -0.453. The number of ether oxygens (including phenoxy) is 1. The zero-order valence-corrected chi connectivity index (χ0v) is 10.4. The van der Waals surface area contributed by atoms with Gasteiger partial charge in [-0.2, -0.15) is 0 Å². The molecule has 16 heavy (non-hydrogen) atoms. The van der Waals surface area contributed by atoms with Crippen LogP contribution in [0.5, 0.6) is 0 Å². The zero-order chi connectivity index (χ0) is 12.2. The van der Waals surface area contributed by atoms with E-state index >= 15 is 0 Å². The number of hydrogen-bond donors (Lipinski definition) is 0. The third kappa shape index (κ3) is 9.49. The van der Waals surface area contributed by atoms with E-state index in [0.717, 1.165) is 17.6 Å². The van der Waals surface area contributed by atoms with Crippen molar-refractivity contribution in [2.45, 2.75) is 51.9 Å². The highest BCUT2D eigenvalue weighted by Gasteiger charge is 2.02. The Bertz CT molecular complexity index is 214. The van der Waals surface area contributed by atoms with Crippen LogP contribution in [0.2, 0.25) is 0 Å². The topological polar surface area (TPSA) is 52.4 Å². The number of esters is 1. The zero-order valence-electron chi connectivity index (χ0n) is 10.4. The third-order valence-electron chi connectivity index (χ3n) is 2.40. The number of hydrogen-bond acceptors (Lipinski definition) is 3. The van der Waals surface area contributed by atoms with Gasteiger partial charge in [-0.05, 0) is 6.42 Å². The van der Waals surface area contributed by atoms with Crippen LogP contribution >= 0.6 is 0 Å². The monoisotopic (exact) mass is 229 g/mol. The molecule has 0 aliphatic rings. The van der Waals surface area contributed by atoms with Crippen LogP contribution in [-0.4, -0.2) is 30.6 Å². The first-order valence-corrected chi connectivity index (χ1v) is 6.04. The Morgan fingerprint density at radius 3 is 2.62 bits per heavy atom. The molecule has 0 saturated heterocycles. The second-order valence-electron chi connectivity index (χ2n) is 3.85. The minimum absolute atomic E-state index is 0.159. The van der Waals surface area contributed by atoms with Gasteiger partial charge in [-0.1, -0.05) is 32.6 Å². The quantitative estimate of drug-likeness (QED) is 0.152. The minimum atomic E-state index is -0.336. The SMILES string of the molecule is CCCCCCC/C=[N+](\[O-])CCC(=O)OC. The van der Waals surface area contributed by atoms with E-state index in [2.05, 4.69) is 11.7 Å². The van der Waals surface area contributed by atoms with E-state index in [-0.39, 0.29) is 18.9 Å². The first kappa shape index (κ1) is 14.9. The van der Waals surface area contributed by atoms with E-state index in [4.69, 9.17) is 0 Å². The normalized spacial score (nSPS) is 11.5. The minimum Gasteiger partial charge on any atom is -0.624 e. The van der Waals surface area contributed by atoms with Crippen molar-refractivity contribution in [3.05, 3.63) is 5.21 Å². The molecule has 0 aromatic heterocycles. The van der Waals surface area contributed by atoms with E-state index in [1.807, 2.05) is 0 Å². The third-order valence-corrected chi connectivity index (χ3v) is 2.40. The highest BCUT2D eigenvalue weighted by molar-refractivity contribution is 5.69. The highest BCUT2D eigenvalue weighted by Crippen LogP contribution is 2.03. The smallest absolute Gasteiger partial charge is 0.311 e. The lowest BCUT2D eigenvalue weighted by atomic mass is 10.1. The Kier molecular flexibility index (Phi) is 9.76. The molecular weight excluding hydrogens is 206 g/mol. The van der Waals surface area contributed by atoms with Crippen molar-refractivity contribution >= 4 is 12.2 Å². The molecule has 4 nitrogen and oxygen atoms in total. The average molecular weight is 229 g/mol. The maximum Gasteiger partial charge on any atom is 0.311 e. The Morgan fingerprint density at radius 1 is 1.31 bits per heavy atom. The van der Waals surface area contributed by atoms with Crippen molar-refractivity contribution in [2.24, 2.45) is 0 Å². The van der Waals surface area contributed by atoms with Gasteiger partial charge in [0.25, 0.3) is 0 Å². The molecule has 0 unspecified atom stereocenters. The summed E-state index contributed by atoms with van der Waals surface area (Å²) >= 11 is 0. The molecule has 0 saturated carbocycles. The predicted octanol–water partition coefficient (Wildman–Crippen LogP) is 2.49. The summed E-state index contributed by atoms with van der Waals surface area (Å²) in [5.41, 5.74) is 0. The largest absolute Gasteiger partial charge is 0.624 e. The van der Waals surface area contributed by atoms with E-state index in [0.29, 0.717) is 0 Å². The summed E-state index contributed by atoms with van der Waals surface area (Å²) in [5.74, 6) is -0.336. The molecule has 0 N–H and O–H groups in total. The molecule has 0 radical (unpaired) electrons. The van der Waals surface area contributed by atoms with Gasteiger partial charge in [0.2, 0.25) is 0 Å². The van der Waals surface area contributed by atoms with Gasteiger partial charge < -0.3 is 9.94 Å². The molecule has 0 aromatic rings. The summed E-state index contributed by atoms with van der Waals surface area (Å²) in [6.45, 7) is 2.37. The van der Waals surface area contributed by atoms with Crippen LogP contribution in [0.15, 0.2) is 0 Å². The molecule has 94 valence electrons. The van der Waals surface area contributed by atoms with Crippen LogP contribution in [0.25, 0.3) is 0 Å². The number of unbranched alkanes of at least 4 members (excludes halogenated alkanes) is 5. The fraction of sp³-hybridized carbons (Fsp3) is 0.833. The van der Waals surface area contributed by atoms with Crippen LogP contribution in [0.3, 0.4) is 0 Å². The number of carbonyl (C=O) groups excluding carboxylic acids is 1. The summed E-state index contributed by atoms with van der Waals surface area (Å²) < 4.78 is 5.28. The van der Waals surface area contributed by atoms with Crippen molar-refractivity contribution in [3.8, 4) is 0 Å². The van der Waals surface area contributed by atoms with Crippen molar-refractivity contribution < 1.29 is 14.3 Å². The maximum absolute atomic E-state index is 11.2. The second kappa shape index (κ2) is 10.5. The van der Waals surface area contributed by atoms with Crippen LogP contribution in [0.4, 0.5) is 0 Å². The van der Waals surface area contributed by atoms with Gasteiger partial charge in [0.1, 0.15) is 6.42 Å². The number of methoxy groups -OCH3 is 1. The van der Waals surface area contributed by atoms with Crippen LogP contribution in [0, 0.1) is 5.21 Å². The predicted molar refractivity (Wildman–Crippen MR) is 64.6 cm³/mol. The number of hydroxylamine groups is 1. The van der Waals surface area contributed by atoms with Crippen molar-refractivity contribution in [1.82, 2.24) is 0 Å². The summed E-state index contributed by atoms with van der Waals surface area (Å²) in [4.78, 5) is 10.8. The molecule has 0 fully saturated rings. The fourth-order valence-corrected chi connectivity index (χ4v) is 1.38. The summed E-state index contributed by atoms with van der Waals surface area (Å²) in [5, 5.41) is 11.2. The molecule has 4 heteroatoms. The van der Waals surface area contributed by atoms with Gasteiger partial charge in [0, 0.05) is 6.42 Å². The van der Waals surface area contributed by atoms with Crippen LogP contribution in [0.1, 0.15) is 51.9 Å². The molecule has 0 amide bonds. The lowest BCUT2D eigenvalue weighted by Gasteiger charge is -2.03. The van der Waals surface area contributed by atoms with Gasteiger partial charge in [0.05, 0.1) is 7.11 Å². The molecular formula is C12H23NO3. The Labute approximate surface area is 97.9 Å². The van der Waals surface area contributed by atoms with E-state index in [1.54, 1.807) is 6.21 Å². The molecule has 0 heterocycles. The van der Waals surface area contributed by atoms with Gasteiger partial charge in [-0.15, -0.1) is 0 Å². The Balaban J connectivity index is 3.44. The second-order valence-corrected chi connectivity index (χ2v) is 3.85. The highest BCUT2D eigenvalue weighted by atomic mass is 16.5. The number of rotatable bonds is 9. The van der Waals surface area contributed by atoms with Crippen LogP contribution in [-0.2, 0) is 9.53 Å². The number of nitrogens with zero attached hydrogens (tertiary/aromatic N) is 1. The van der Waals surface area contributed by atoms with Gasteiger partial charge in [-0.3, -0.25) is 4.79 Å². The number of carbonyl (C=O) groups is 1. The van der Waals surface area contributed by atoms with Gasteiger partial charge in [0.15, 0.2) is 12.8 Å². The maximum atomic E-state index is 11.2. The summed E-state index contributed by atoms with van der Waals surface area (Å²) in [7, 11) is 1.33. The van der Waals surface area contributed by atoms with Gasteiger partial charge >= 0.3 is 5.97 Å². The van der Waals surface area contributed by atoms with E-state index in [1.165, 1.54) is 32.8 Å². The standard InChI is InChI=1S/C12H23NO3/c1-3-4-5-6-7-8-10-13(15)11-9-12(14)16-2/h10H,3-9,11H2,1-2H3/b13-10-. The summed E-state index contributed by atoms with van der Waals surface area (Å²) in [6.07, 6.45) is 8.55. The van der Waals surface area contributed by atoms with Crippen molar-refractivity contribution in [3.63, 3.8) is 0 Å². The molecule has 0 spiro atoms. The van der Waals surface area contributed by atoms with E-state index in [9.17, 15) is 10.0 Å². The summed E-state index contributed by atoms with van der Waals surface area (Å²) in [6, 6.07) is 0. The lowest BCUT2D eigenvalue weighted by Crippen LogP contribution is -2.12. The Hall–Kier alpha value is -1.06. The first-order chi connectivity index (χ1) is 7.70. The van der Waals surface area contributed by atoms with Crippen LogP contribution < -0.4 is 0 Å². The van der Waals surface area contributed by atoms with Crippen molar-refractivity contribution in [1.29, 1.82) is 0 Å². The Morgan fingerprint density at radius 2 is 2.00 bits per heavy atom. The van der Waals surface area contributed by atoms with Gasteiger partial charge in [-0.25, -0.2) is 4.74 Å². The molecule has 0 aliphatic heterocycles. The van der Waals surface area contributed by atoms with E-state index < -0.39 is 0 Å².